The van der Waals surface area contributed by atoms with Crippen molar-refractivity contribution in [3.63, 3.8) is 0 Å². The highest BCUT2D eigenvalue weighted by atomic mass is 32.2. The molecule has 3 N–H and O–H groups in total. The lowest BCUT2D eigenvalue weighted by Crippen LogP contribution is -2.39. The fourth-order valence-electron chi connectivity index (χ4n) is 1.45. The van der Waals surface area contributed by atoms with Gasteiger partial charge in [-0.2, -0.15) is 0 Å². The van der Waals surface area contributed by atoms with Gasteiger partial charge in [-0.05, 0) is 23.6 Å². The molecule has 0 atom stereocenters. The van der Waals surface area contributed by atoms with Crippen molar-refractivity contribution in [3.8, 4) is 0 Å². The number of hydrogen-bond acceptors (Lipinski definition) is 4. The molecule has 18 heavy (non-hydrogen) atoms. The lowest BCUT2D eigenvalue weighted by molar-refractivity contribution is 0.185. The number of nitrogens with one attached hydrogen (secondary N) is 1. The maximum absolute atomic E-state index is 11.9. The molecule has 0 radical (unpaired) electrons. The molecule has 1 rings (SSSR count). The lowest BCUT2D eigenvalue weighted by Gasteiger charge is -2.14. The average Bonchev–Trinajstić information content (AvgIpc) is 2.36. The molecule has 0 saturated heterocycles. The molecule has 0 unspecified atom stereocenters. The van der Waals surface area contributed by atoms with Crippen molar-refractivity contribution < 1.29 is 18.6 Å². The van der Waals surface area contributed by atoms with Crippen LogP contribution in [0, 0.1) is 0 Å². The zero-order chi connectivity index (χ0) is 13.8. The molecular weight excluding hydrogens is 254 g/mol. The van der Waals surface area contributed by atoms with Gasteiger partial charge in [0, 0.05) is 0 Å². The van der Waals surface area contributed by atoms with Crippen LogP contribution in [0.15, 0.2) is 29.2 Å². The fraction of sp³-hybridized carbons (Fsp3) is 0.500. The monoisotopic (exact) mass is 273 g/mol. The Bertz CT molecular complexity index is 463. The quantitative estimate of drug-likeness (QED) is 0.702. The van der Waals surface area contributed by atoms with Crippen LogP contribution < -0.4 is 4.72 Å². The van der Waals surface area contributed by atoms with Gasteiger partial charge in [-0.15, -0.1) is 0 Å². The smallest absolute Gasteiger partial charge is 0.240 e. The molecule has 1 aromatic rings. The second-order valence-corrected chi connectivity index (χ2v) is 6.12. The maximum atomic E-state index is 11.9. The third-order valence-electron chi connectivity index (χ3n) is 2.62. The summed E-state index contributed by atoms with van der Waals surface area (Å²) in [7, 11) is -3.70. The van der Waals surface area contributed by atoms with E-state index in [0.29, 0.717) is 5.92 Å². The van der Waals surface area contributed by atoms with Crippen molar-refractivity contribution >= 4 is 10.0 Å². The summed E-state index contributed by atoms with van der Waals surface area (Å²) < 4.78 is 26.0. The predicted molar refractivity (Wildman–Crippen MR) is 68.8 cm³/mol. The SMILES string of the molecule is CC(C)c1ccc(S(=O)(=O)NC(CO)CO)cc1. The molecule has 0 aromatic heterocycles. The number of aliphatic hydroxyl groups excluding tert-OH is 2. The second-order valence-electron chi connectivity index (χ2n) is 4.41. The summed E-state index contributed by atoms with van der Waals surface area (Å²) in [6.07, 6.45) is 0. The van der Waals surface area contributed by atoms with E-state index in [1.165, 1.54) is 12.1 Å². The van der Waals surface area contributed by atoms with Crippen molar-refractivity contribution in [2.24, 2.45) is 0 Å². The number of rotatable bonds is 6. The Balaban J connectivity index is 2.91. The summed E-state index contributed by atoms with van der Waals surface area (Å²) in [4.78, 5) is 0.124. The van der Waals surface area contributed by atoms with Gasteiger partial charge >= 0.3 is 0 Å². The predicted octanol–water partition coefficient (Wildman–Crippen LogP) is 0.442. The van der Waals surface area contributed by atoms with Gasteiger partial charge in [-0.1, -0.05) is 26.0 Å². The Morgan fingerprint density at radius 2 is 1.61 bits per heavy atom. The van der Waals surface area contributed by atoms with Crippen LogP contribution in [0.5, 0.6) is 0 Å². The van der Waals surface area contributed by atoms with Crippen LogP contribution in [-0.2, 0) is 10.0 Å². The van der Waals surface area contributed by atoms with E-state index in [1.54, 1.807) is 12.1 Å². The Hall–Kier alpha value is -0.950. The van der Waals surface area contributed by atoms with Gasteiger partial charge in [0.2, 0.25) is 10.0 Å². The first-order valence-electron chi connectivity index (χ1n) is 5.74. The largest absolute Gasteiger partial charge is 0.395 e. The highest BCUT2D eigenvalue weighted by molar-refractivity contribution is 7.89. The second kappa shape index (κ2) is 6.29. The first-order valence-corrected chi connectivity index (χ1v) is 7.23. The van der Waals surface area contributed by atoms with E-state index in [0.717, 1.165) is 5.56 Å². The number of benzene rings is 1. The van der Waals surface area contributed by atoms with Crippen molar-refractivity contribution in [2.45, 2.75) is 30.7 Å². The third-order valence-corrected chi connectivity index (χ3v) is 4.16. The summed E-state index contributed by atoms with van der Waals surface area (Å²) in [6, 6.07) is 5.67. The van der Waals surface area contributed by atoms with E-state index in [4.69, 9.17) is 10.2 Å². The van der Waals surface area contributed by atoms with Crippen LogP contribution in [0.4, 0.5) is 0 Å². The molecule has 0 amide bonds. The molecule has 0 aliphatic rings. The van der Waals surface area contributed by atoms with Gasteiger partial charge in [-0.3, -0.25) is 0 Å². The minimum absolute atomic E-state index is 0.124. The van der Waals surface area contributed by atoms with Crippen LogP contribution >= 0.6 is 0 Å². The zero-order valence-corrected chi connectivity index (χ0v) is 11.3. The normalized spacial score (nSPS) is 12.3. The molecule has 5 nitrogen and oxygen atoms in total. The molecule has 6 heteroatoms. The topological polar surface area (TPSA) is 86.6 Å². The van der Waals surface area contributed by atoms with Crippen LogP contribution in [0.3, 0.4) is 0 Å². The number of aliphatic hydroxyl groups is 2. The average molecular weight is 273 g/mol. The van der Waals surface area contributed by atoms with E-state index in [-0.39, 0.29) is 4.90 Å². The molecule has 0 spiro atoms. The van der Waals surface area contributed by atoms with Crippen LogP contribution in [0.25, 0.3) is 0 Å². The molecule has 0 heterocycles. The van der Waals surface area contributed by atoms with Gasteiger partial charge in [0.15, 0.2) is 0 Å². The molecule has 0 bridgehead atoms. The molecule has 0 saturated carbocycles. The Morgan fingerprint density at radius 1 is 1.11 bits per heavy atom. The van der Waals surface area contributed by atoms with Crippen molar-refractivity contribution in [3.05, 3.63) is 29.8 Å². The first-order chi connectivity index (χ1) is 8.40. The highest BCUT2D eigenvalue weighted by Crippen LogP contribution is 2.17. The van der Waals surface area contributed by atoms with E-state index in [9.17, 15) is 8.42 Å². The maximum Gasteiger partial charge on any atom is 0.240 e. The molecule has 0 fully saturated rings. The third kappa shape index (κ3) is 3.78. The summed E-state index contributed by atoms with van der Waals surface area (Å²) in [6.45, 7) is 3.16. The summed E-state index contributed by atoms with van der Waals surface area (Å²) in [5.41, 5.74) is 1.05. The molecule has 102 valence electrons. The Morgan fingerprint density at radius 3 is 2.00 bits per heavy atom. The van der Waals surface area contributed by atoms with Crippen LogP contribution in [-0.4, -0.2) is 37.9 Å². The number of sulfonamides is 1. The van der Waals surface area contributed by atoms with E-state index < -0.39 is 29.3 Å². The lowest BCUT2D eigenvalue weighted by atomic mass is 10.0. The summed E-state index contributed by atoms with van der Waals surface area (Å²) in [5, 5.41) is 17.7. The molecule has 1 aromatic carbocycles. The van der Waals surface area contributed by atoms with Crippen molar-refractivity contribution in [2.75, 3.05) is 13.2 Å². The van der Waals surface area contributed by atoms with Gasteiger partial charge in [0.1, 0.15) is 0 Å². The van der Waals surface area contributed by atoms with Gasteiger partial charge < -0.3 is 10.2 Å². The Kier molecular flexibility index (Phi) is 5.28. The van der Waals surface area contributed by atoms with E-state index in [2.05, 4.69) is 4.72 Å². The summed E-state index contributed by atoms with van der Waals surface area (Å²) >= 11 is 0. The minimum Gasteiger partial charge on any atom is -0.395 e. The zero-order valence-electron chi connectivity index (χ0n) is 10.5. The summed E-state index contributed by atoms with van der Waals surface area (Å²) in [5.74, 6) is 0.331. The molecule has 0 aliphatic carbocycles. The van der Waals surface area contributed by atoms with Crippen LogP contribution in [0.1, 0.15) is 25.3 Å². The van der Waals surface area contributed by atoms with E-state index >= 15 is 0 Å². The minimum atomic E-state index is -3.70. The van der Waals surface area contributed by atoms with Gasteiger partial charge in [-0.25, -0.2) is 13.1 Å². The van der Waals surface area contributed by atoms with Crippen molar-refractivity contribution in [1.29, 1.82) is 0 Å². The van der Waals surface area contributed by atoms with Gasteiger partial charge in [0.05, 0.1) is 24.2 Å². The highest BCUT2D eigenvalue weighted by Gasteiger charge is 2.19. The van der Waals surface area contributed by atoms with Crippen molar-refractivity contribution in [1.82, 2.24) is 4.72 Å². The molecule has 0 aliphatic heterocycles. The Labute approximate surface area is 108 Å². The molecular formula is C12H19NO4S. The van der Waals surface area contributed by atoms with Crippen LogP contribution in [0.2, 0.25) is 0 Å². The van der Waals surface area contributed by atoms with E-state index in [1.807, 2.05) is 13.8 Å². The first kappa shape index (κ1) is 15.1. The van der Waals surface area contributed by atoms with Gasteiger partial charge in [0.25, 0.3) is 0 Å². The standard InChI is InChI=1S/C12H19NO4S/c1-9(2)10-3-5-12(6-4-10)18(16,17)13-11(7-14)8-15/h3-6,9,11,13-15H,7-8H2,1-2H3. The fourth-order valence-corrected chi connectivity index (χ4v) is 2.67. The number of hydrogen-bond donors (Lipinski definition) is 3.